The average molecular weight is 377 g/mol. The van der Waals surface area contributed by atoms with Crippen LogP contribution >= 0.6 is 24.0 Å². The van der Waals surface area contributed by atoms with Crippen LogP contribution in [-0.4, -0.2) is 11.1 Å². The Morgan fingerprint density at radius 2 is 1.76 bits per heavy atom. The predicted molar refractivity (Wildman–Crippen MR) is 111 cm³/mol. The van der Waals surface area contributed by atoms with Crippen LogP contribution in [0.15, 0.2) is 48.5 Å². The zero-order valence-electron chi connectivity index (χ0n) is 14.9. The number of hydrogen-bond acceptors (Lipinski definition) is 1. The zero-order valence-corrected chi connectivity index (χ0v) is 16.5. The Hall–Kier alpha value is -1.48. The maximum absolute atomic E-state index is 6.38. The minimum absolute atomic E-state index is 0. The van der Waals surface area contributed by atoms with Gasteiger partial charge in [0.25, 0.3) is 0 Å². The molecule has 134 valence electrons. The van der Waals surface area contributed by atoms with E-state index in [2.05, 4.69) is 60.1 Å². The van der Waals surface area contributed by atoms with Crippen molar-refractivity contribution in [2.45, 2.75) is 39.8 Å². The Bertz CT molecular complexity index is 824. The van der Waals surface area contributed by atoms with Crippen LogP contribution in [0.5, 0.6) is 0 Å². The molecule has 4 heteroatoms. The van der Waals surface area contributed by atoms with Gasteiger partial charge in [0.1, 0.15) is 0 Å². The van der Waals surface area contributed by atoms with Gasteiger partial charge >= 0.3 is 0 Å². The summed E-state index contributed by atoms with van der Waals surface area (Å²) in [6, 6.07) is 16.8. The third-order valence-electron chi connectivity index (χ3n) is 4.66. The number of nitrogens with zero attached hydrogens (tertiary/aromatic N) is 1. The Morgan fingerprint density at radius 3 is 2.52 bits per heavy atom. The van der Waals surface area contributed by atoms with Gasteiger partial charge in [0.15, 0.2) is 0 Å². The molecule has 0 aliphatic carbocycles. The van der Waals surface area contributed by atoms with Crippen molar-refractivity contribution in [1.29, 1.82) is 0 Å². The SMILES string of the molecule is CCCCNCc1c(C)n(Cc2ccccc2Cl)c2ccccc12.Cl. The van der Waals surface area contributed by atoms with Gasteiger partial charge in [0.2, 0.25) is 0 Å². The molecule has 0 bridgehead atoms. The number of benzene rings is 2. The Balaban J connectivity index is 0.00000225. The van der Waals surface area contributed by atoms with Crippen molar-refractivity contribution >= 4 is 34.9 Å². The van der Waals surface area contributed by atoms with E-state index in [1.807, 2.05) is 12.1 Å². The normalized spacial score (nSPS) is 10.8. The lowest BCUT2D eigenvalue weighted by atomic mass is 10.1. The molecule has 0 amide bonds. The van der Waals surface area contributed by atoms with Gasteiger partial charge in [-0.05, 0) is 43.1 Å². The predicted octanol–water partition coefficient (Wildman–Crippen LogP) is 5.96. The highest BCUT2D eigenvalue weighted by Gasteiger charge is 2.14. The molecule has 0 aliphatic heterocycles. The highest BCUT2D eigenvalue weighted by atomic mass is 35.5. The molecule has 0 aliphatic rings. The molecule has 2 aromatic carbocycles. The molecule has 1 N–H and O–H groups in total. The molecule has 3 rings (SSSR count). The second kappa shape index (κ2) is 9.28. The Kier molecular flexibility index (Phi) is 7.37. The van der Waals surface area contributed by atoms with Crippen LogP contribution in [0.4, 0.5) is 0 Å². The molecule has 25 heavy (non-hydrogen) atoms. The van der Waals surface area contributed by atoms with Gasteiger partial charge < -0.3 is 9.88 Å². The molecule has 0 spiro atoms. The first-order valence-electron chi connectivity index (χ1n) is 8.73. The summed E-state index contributed by atoms with van der Waals surface area (Å²) in [5.74, 6) is 0. The van der Waals surface area contributed by atoms with Gasteiger partial charge in [0, 0.05) is 34.7 Å². The number of hydrogen-bond donors (Lipinski definition) is 1. The summed E-state index contributed by atoms with van der Waals surface area (Å²) in [6.07, 6.45) is 2.44. The van der Waals surface area contributed by atoms with Crippen LogP contribution in [-0.2, 0) is 13.1 Å². The fourth-order valence-corrected chi connectivity index (χ4v) is 3.44. The molecule has 2 nitrogen and oxygen atoms in total. The number of para-hydroxylation sites is 1. The third kappa shape index (κ3) is 4.38. The lowest BCUT2D eigenvalue weighted by molar-refractivity contribution is 0.638. The summed E-state index contributed by atoms with van der Waals surface area (Å²) >= 11 is 6.38. The highest BCUT2D eigenvalue weighted by Crippen LogP contribution is 2.28. The van der Waals surface area contributed by atoms with E-state index in [4.69, 9.17) is 11.6 Å². The number of nitrogens with one attached hydrogen (secondary N) is 1. The molecule has 3 aromatic rings. The smallest absolute Gasteiger partial charge is 0.0493 e. The van der Waals surface area contributed by atoms with Crippen LogP contribution in [0.1, 0.15) is 36.6 Å². The highest BCUT2D eigenvalue weighted by molar-refractivity contribution is 6.31. The minimum Gasteiger partial charge on any atom is -0.340 e. The summed E-state index contributed by atoms with van der Waals surface area (Å²) in [4.78, 5) is 0. The summed E-state index contributed by atoms with van der Waals surface area (Å²) in [7, 11) is 0. The lowest BCUT2D eigenvalue weighted by Crippen LogP contribution is -2.15. The van der Waals surface area contributed by atoms with Gasteiger partial charge in [-0.25, -0.2) is 0 Å². The van der Waals surface area contributed by atoms with E-state index in [0.717, 1.165) is 30.2 Å². The minimum atomic E-state index is 0. The van der Waals surface area contributed by atoms with Crippen LogP contribution < -0.4 is 5.32 Å². The lowest BCUT2D eigenvalue weighted by Gasteiger charge is -2.11. The molecule has 0 radical (unpaired) electrons. The van der Waals surface area contributed by atoms with E-state index in [9.17, 15) is 0 Å². The molecule has 0 saturated carbocycles. The van der Waals surface area contributed by atoms with Crippen LogP contribution in [0.2, 0.25) is 5.02 Å². The number of unbranched alkanes of at least 4 members (excludes halogenated alkanes) is 1. The average Bonchev–Trinajstić information content (AvgIpc) is 2.86. The van der Waals surface area contributed by atoms with E-state index >= 15 is 0 Å². The van der Waals surface area contributed by atoms with Gasteiger partial charge in [0.05, 0.1) is 0 Å². The number of fused-ring (bicyclic) bond motifs is 1. The van der Waals surface area contributed by atoms with Gasteiger partial charge in [-0.3, -0.25) is 0 Å². The summed E-state index contributed by atoms with van der Waals surface area (Å²) in [6.45, 7) is 7.24. The second-order valence-corrected chi connectivity index (χ2v) is 6.70. The first kappa shape index (κ1) is 19.8. The zero-order chi connectivity index (χ0) is 16.9. The van der Waals surface area contributed by atoms with Crippen molar-refractivity contribution < 1.29 is 0 Å². The Morgan fingerprint density at radius 1 is 1.04 bits per heavy atom. The fraction of sp³-hybridized carbons (Fsp3) is 0.333. The number of rotatable bonds is 7. The number of aromatic nitrogens is 1. The van der Waals surface area contributed by atoms with Crippen LogP contribution in [0.25, 0.3) is 10.9 Å². The van der Waals surface area contributed by atoms with E-state index in [1.165, 1.54) is 35.0 Å². The monoisotopic (exact) mass is 376 g/mol. The topological polar surface area (TPSA) is 17.0 Å². The fourth-order valence-electron chi connectivity index (χ4n) is 3.24. The summed E-state index contributed by atoms with van der Waals surface area (Å²) in [5, 5.41) is 5.75. The molecule has 0 unspecified atom stereocenters. The largest absolute Gasteiger partial charge is 0.340 e. The first-order valence-corrected chi connectivity index (χ1v) is 9.11. The van der Waals surface area contributed by atoms with Gasteiger partial charge in [-0.2, -0.15) is 0 Å². The van der Waals surface area contributed by atoms with Gasteiger partial charge in [-0.1, -0.05) is 61.3 Å². The van der Waals surface area contributed by atoms with Crippen molar-refractivity contribution in [2.75, 3.05) is 6.54 Å². The van der Waals surface area contributed by atoms with Crippen molar-refractivity contribution in [3.8, 4) is 0 Å². The molecule has 0 atom stereocenters. The standard InChI is InChI=1S/C21H25ClN2.ClH/c1-3-4-13-23-14-19-16(2)24(21-12-8-6-10-18(19)21)15-17-9-5-7-11-20(17)22;/h5-12,23H,3-4,13-15H2,1-2H3;1H. The van der Waals surface area contributed by atoms with Crippen molar-refractivity contribution in [1.82, 2.24) is 9.88 Å². The molecule has 0 fully saturated rings. The third-order valence-corrected chi connectivity index (χ3v) is 5.03. The maximum atomic E-state index is 6.38. The Labute approximate surface area is 161 Å². The van der Waals surface area contributed by atoms with Crippen molar-refractivity contribution in [3.63, 3.8) is 0 Å². The van der Waals surface area contributed by atoms with Crippen LogP contribution in [0.3, 0.4) is 0 Å². The molecule has 1 heterocycles. The maximum Gasteiger partial charge on any atom is 0.0493 e. The first-order chi connectivity index (χ1) is 11.7. The van der Waals surface area contributed by atoms with Crippen molar-refractivity contribution in [3.05, 3.63) is 70.4 Å². The van der Waals surface area contributed by atoms with E-state index < -0.39 is 0 Å². The van der Waals surface area contributed by atoms with Gasteiger partial charge in [-0.15, -0.1) is 12.4 Å². The summed E-state index contributed by atoms with van der Waals surface area (Å²) in [5.41, 5.74) is 5.16. The quantitative estimate of drug-likeness (QED) is 0.503. The molecular weight excluding hydrogens is 351 g/mol. The number of halogens is 2. The van der Waals surface area contributed by atoms with E-state index in [1.54, 1.807) is 0 Å². The van der Waals surface area contributed by atoms with Crippen LogP contribution in [0, 0.1) is 6.92 Å². The molecule has 0 saturated heterocycles. The van der Waals surface area contributed by atoms with Crippen molar-refractivity contribution in [2.24, 2.45) is 0 Å². The second-order valence-electron chi connectivity index (χ2n) is 6.29. The molecular formula is C21H26Cl2N2. The molecule has 1 aromatic heterocycles. The van der Waals surface area contributed by atoms with E-state index in [0.29, 0.717) is 0 Å². The summed E-state index contributed by atoms with van der Waals surface area (Å²) < 4.78 is 2.38. The van der Waals surface area contributed by atoms with E-state index in [-0.39, 0.29) is 12.4 Å².